The largest absolute Gasteiger partial charge is 0.478 e. The van der Waals surface area contributed by atoms with Crippen molar-refractivity contribution in [2.75, 3.05) is 0 Å². The van der Waals surface area contributed by atoms with E-state index in [4.69, 9.17) is 16.7 Å². The zero-order chi connectivity index (χ0) is 10.9. The number of halogens is 4. The Balaban J connectivity index is 2.83. The van der Waals surface area contributed by atoms with E-state index in [0.717, 1.165) is 0 Å². The Morgan fingerprint density at radius 3 is 2.50 bits per heavy atom. The smallest absolute Gasteiger partial charge is 0.392 e. The second-order valence-corrected chi connectivity index (χ2v) is 3.63. The summed E-state index contributed by atoms with van der Waals surface area (Å²) in [7, 11) is 0. The Labute approximate surface area is 83.4 Å². The standard InChI is InChI=1S/C8H8ClF3O2/c9-6-2-1-4(8(10,11)12)3-5(6)7(13)14/h4H,1-3H2,(H,13,14). The number of rotatable bonds is 1. The summed E-state index contributed by atoms with van der Waals surface area (Å²) in [5.41, 5.74) is -0.305. The summed E-state index contributed by atoms with van der Waals surface area (Å²) in [6.07, 6.45) is -4.98. The molecular formula is C8H8ClF3O2. The van der Waals surface area contributed by atoms with Crippen molar-refractivity contribution in [2.45, 2.75) is 25.4 Å². The molecule has 0 fully saturated rings. The molecule has 1 aliphatic rings. The van der Waals surface area contributed by atoms with Crippen molar-refractivity contribution in [1.82, 2.24) is 0 Å². The van der Waals surface area contributed by atoms with Crippen LogP contribution >= 0.6 is 11.6 Å². The first kappa shape index (κ1) is 11.4. The van der Waals surface area contributed by atoms with Crippen LogP contribution < -0.4 is 0 Å². The number of hydrogen-bond donors (Lipinski definition) is 1. The third kappa shape index (κ3) is 2.41. The maximum absolute atomic E-state index is 12.2. The highest BCUT2D eigenvalue weighted by Gasteiger charge is 2.42. The molecule has 0 aliphatic heterocycles. The Bertz CT molecular complexity index is 283. The first-order valence-corrected chi connectivity index (χ1v) is 4.37. The molecule has 1 aliphatic carbocycles. The van der Waals surface area contributed by atoms with Crippen molar-refractivity contribution in [3.05, 3.63) is 10.6 Å². The minimum atomic E-state index is -4.34. The predicted molar refractivity (Wildman–Crippen MR) is 43.9 cm³/mol. The molecule has 0 aromatic heterocycles. The van der Waals surface area contributed by atoms with Gasteiger partial charge in [0.25, 0.3) is 0 Å². The van der Waals surface area contributed by atoms with Gasteiger partial charge in [-0.3, -0.25) is 0 Å². The van der Waals surface area contributed by atoms with E-state index in [1.807, 2.05) is 0 Å². The molecule has 1 rings (SSSR count). The zero-order valence-corrected chi connectivity index (χ0v) is 7.82. The quantitative estimate of drug-likeness (QED) is 0.749. The first-order chi connectivity index (χ1) is 6.32. The van der Waals surface area contributed by atoms with Crippen LogP contribution in [0, 0.1) is 5.92 Å². The van der Waals surface area contributed by atoms with E-state index in [9.17, 15) is 18.0 Å². The van der Waals surface area contributed by atoms with Gasteiger partial charge in [-0.2, -0.15) is 13.2 Å². The summed E-state index contributed by atoms with van der Waals surface area (Å²) in [6.45, 7) is 0. The van der Waals surface area contributed by atoms with Crippen molar-refractivity contribution in [3.8, 4) is 0 Å². The fraction of sp³-hybridized carbons (Fsp3) is 0.625. The number of alkyl halides is 3. The lowest BCUT2D eigenvalue weighted by Gasteiger charge is -2.24. The summed E-state index contributed by atoms with van der Waals surface area (Å²) in [4.78, 5) is 10.5. The van der Waals surface area contributed by atoms with Crippen LogP contribution in [-0.2, 0) is 4.79 Å². The minimum absolute atomic E-state index is 0.00658. The van der Waals surface area contributed by atoms with Crippen LogP contribution in [0.15, 0.2) is 10.6 Å². The topological polar surface area (TPSA) is 37.3 Å². The second kappa shape index (κ2) is 3.81. The van der Waals surface area contributed by atoms with Crippen LogP contribution in [0.2, 0.25) is 0 Å². The van der Waals surface area contributed by atoms with Gasteiger partial charge in [-0.05, 0) is 19.3 Å². The van der Waals surface area contributed by atoms with Crippen LogP contribution in [0.1, 0.15) is 19.3 Å². The number of carboxylic acids is 1. The van der Waals surface area contributed by atoms with Gasteiger partial charge < -0.3 is 5.11 Å². The predicted octanol–water partition coefficient (Wildman–Crippen LogP) is 2.93. The molecular weight excluding hydrogens is 221 g/mol. The van der Waals surface area contributed by atoms with Crippen LogP contribution in [0.3, 0.4) is 0 Å². The van der Waals surface area contributed by atoms with Crippen LogP contribution in [-0.4, -0.2) is 17.3 Å². The first-order valence-electron chi connectivity index (χ1n) is 4.00. The van der Waals surface area contributed by atoms with Gasteiger partial charge in [-0.15, -0.1) is 0 Å². The van der Waals surface area contributed by atoms with Gasteiger partial charge >= 0.3 is 12.1 Å². The normalized spacial score (nSPS) is 23.9. The van der Waals surface area contributed by atoms with Gasteiger partial charge in [-0.1, -0.05) is 11.6 Å². The SMILES string of the molecule is O=C(O)C1=C(Cl)CCC(C(F)(F)F)C1. The number of aliphatic carboxylic acids is 1. The maximum Gasteiger partial charge on any atom is 0.392 e. The fourth-order valence-corrected chi connectivity index (χ4v) is 1.66. The maximum atomic E-state index is 12.2. The molecule has 2 nitrogen and oxygen atoms in total. The second-order valence-electron chi connectivity index (χ2n) is 3.17. The minimum Gasteiger partial charge on any atom is -0.478 e. The van der Waals surface area contributed by atoms with Crippen molar-refractivity contribution in [2.24, 2.45) is 5.92 Å². The Kier molecular flexibility index (Phi) is 3.09. The van der Waals surface area contributed by atoms with Crippen molar-refractivity contribution >= 4 is 17.6 Å². The van der Waals surface area contributed by atoms with Crippen LogP contribution in [0.4, 0.5) is 13.2 Å². The summed E-state index contributed by atoms with van der Waals surface area (Å²) in [6, 6.07) is 0. The molecule has 1 N–H and O–H groups in total. The molecule has 0 amide bonds. The lowest BCUT2D eigenvalue weighted by atomic mass is 9.88. The van der Waals surface area contributed by atoms with E-state index < -0.39 is 24.5 Å². The Hall–Kier alpha value is -0.710. The summed E-state index contributed by atoms with van der Waals surface area (Å²) < 4.78 is 36.7. The molecule has 0 aromatic carbocycles. The van der Waals surface area contributed by atoms with Crippen molar-refractivity contribution in [3.63, 3.8) is 0 Å². The van der Waals surface area contributed by atoms with Gasteiger partial charge in [-0.25, -0.2) is 4.79 Å². The molecule has 6 heteroatoms. The monoisotopic (exact) mass is 228 g/mol. The number of carbonyl (C=O) groups is 1. The lowest BCUT2D eigenvalue weighted by molar-refractivity contribution is -0.177. The third-order valence-corrected chi connectivity index (χ3v) is 2.63. The fourth-order valence-electron chi connectivity index (χ4n) is 1.39. The van der Waals surface area contributed by atoms with Gasteiger partial charge in [0.15, 0.2) is 0 Å². The van der Waals surface area contributed by atoms with E-state index in [2.05, 4.69) is 0 Å². The molecule has 0 bridgehead atoms. The number of carboxylic acid groups (broad SMARTS) is 1. The van der Waals surface area contributed by atoms with Crippen molar-refractivity contribution < 1.29 is 23.1 Å². The molecule has 1 atom stereocenters. The third-order valence-electron chi connectivity index (χ3n) is 2.21. The molecule has 0 radical (unpaired) electrons. The molecule has 0 aromatic rings. The van der Waals surface area contributed by atoms with E-state index in [1.165, 1.54) is 0 Å². The molecule has 14 heavy (non-hydrogen) atoms. The highest BCUT2D eigenvalue weighted by Crippen LogP contribution is 2.40. The van der Waals surface area contributed by atoms with E-state index >= 15 is 0 Å². The average molecular weight is 229 g/mol. The Morgan fingerprint density at radius 1 is 1.50 bits per heavy atom. The highest BCUT2D eigenvalue weighted by atomic mass is 35.5. The van der Waals surface area contributed by atoms with Crippen LogP contribution in [0.5, 0.6) is 0 Å². The summed E-state index contributed by atoms with van der Waals surface area (Å²) in [5.74, 6) is -2.93. The highest BCUT2D eigenvalue weighted by molar-refractivity contribution is 6.31. The lowest BCUT2D eigenvalue weighted by Crippen LogP contribution is -2.27. The number of hydrogen-bond acceptors (Lipinski definition) is 1. The molecule has 0 heterocycles. The number of allylic oxidation sites excluding steroid dienone is 1. The molecule has 0 spiro atoms. The molecule has 0 saturated carbocycles. The average Bonchev–Trinajstić information content (AvgIpc) is 2.02. The van der Waals surface area contributed by atoms with Crippen LogP contribution in [0.25, 0.3) is 0 Å². The summed E-state index contributed by atoms with van der Waals surface area (Å²) >= 11 is 5.52. The molecule has 1 unspecified atom stereocenters. The zero-order valence-electron chi connectivity index (χ0n) is 7.07. The van der Waals surface area contributed by atoms with E-state index in [0.29, 0.717) is 0 Å². The Morgan fingerprint density at radius 2 is 2.07 bits per heavy atom. The van der Waals surface area contributed by atoms with E-state index in [1.54, 1.807) is 0 Å². The van der Waals surface area contributed by atoms with Crippen molar-refractivity contribution in [1.29, 1.82) is 0 Å². The molecule has 80 valence electrons. The molecule has 0 saturated heterocycles. The van der Waals surface area contributed by atoms with Gasteiger partial charge in [0.2, 0.25) is 0 Å². The van der Waals surface area contributed by atoms with Gasteiger partial charge in [0.1, 0.15) is 0 Å². The summed E-state index contributed by atoms with van der Waals surface area (Å²) in [5, 5.41) is 8.62. The van der Waals surface area contributed by atoms with Gasteiger partial charge in [0, 0.05) is 5.03 Å². The van der Waals surface area contributed by atoms with Gasteiger partial charge in [0.05, 0.1) is 11.5 Å². The van der Waals surface area contributed by atoms with E-state index in [-0.39, 0.29) is 23.4 Å².